The van der Waals surface area contributed by atoms with Gasteiger partial charge in [-0.2, -0.15) is 9.97 Å². The Bertz CT molecular complexity index is 1340. The molecule has 1 aromatic carbocycles. The quantitative estimate of drug-likeness (QED) is 0.357. The van der Waals surface area contributed by atoms with E-state index in [1.54, 1.807) is 0 Å². The van der Waals surface area contributed by atoms with Crippen molar-refractivity contribution in [3.8, 4) is 17.1 Å². The second kappa shape index (κ2) is 10.3. The first-order valence-corrected chi connectivity index (χ1v) is 12.3. The molecule has 1 aliphatic heterocycles. The number of anilines is 1. The molecule has 35 heavy (non-hydrogen) atoms. The van der Waals surface area contributed by atoms with Gasteiger partial charge in [0.2, 0.25) is 0 Å². The molecule has 1 saturated heterocycles. The number of aromatic nitrogens is 5. The van der Waals surface area contributed by atoms with Crippen molar-refractivity contribution >= 4 is 17.0 Å². The predicted octanol–water partition coefficient (Wildman–Crippen LogP) is 3.59. The van der Waals surface area contributed by atoms with E-state index < -0.39 is 0 Å². The first-order chi connectivity index (χ1) is 17.1. The van der Waals surface area contributed by atoms with Crippen molar-refractivity contribution in [1.82, 2.24) is 29.4 Å². The highest BCUT2D eigenvalue weighted by Gasteiger charge is 2.16. The lowest BCUT2D eigenvalue weighted by atomic mass is 10.1. The number of pyridine rings is 1. The number of nitrogen functional groups attached to an aromatic ring is 1. The molecule has 0 bridgehead atoms. The zero-order valence-electron chi connectivity index (χ0n) is 20.0. The number of rotatable bonds is 9. The molecule has 9 heteroatoms. The maximum Gasteiger partial charge on any atom is 0.328 e. The number of imidazole rings is 1. The molecular formula is C26H31N7O2. The SMILES string of the molecule is CCCCOc1nc(N)c2[nH]c(=O)n(Cc3ccc(-c4ccc(CN5CCCC5)cc4)cn3)c2n1. The Balaban J connectivity index is 1.32. The number of H-pyrrole nitrogens is 1. The van der Waals surface area contributed by atoms with Gasteiger partial charge < -0.3 is 15.5 Å². The van der Waals surface area contributed by atoms with Crippen LogP contribution in [0.3, 0.4) is 0 Å². The number of benzene rings is 1. The average Bonchev–Trinajstić information content (AvgIpc) is 3.49. The maximum atomic E-state index is 12.6. The maximum absolute atomic E-state index is 12.6. The van der Waals surface area contributed by atoms with Crippen molar-refractivity contribution in [1.29, 1.82) is 0 Å². The monoisotopic (exact) mass is 473 g/mol. The molecule has 3 N–H and O–H groups in total. The molecule has 1 fully saturated rings. The van der Waals surface area contributed by atoms with Gasteiger partial charge in [-0.25, -0.2) is 4.79 Å². The summed E-state index contributed by atoms with van der Waals surface area (Å²) >= 11 is 0. The highest BCUT2D eigenvalue weighted by molar-refractivity contribution is 5.81. The van der Waals surface area contributed by atoms with Gasteiger partial charge in [-0.3, -0.25) is 14.5 Å². The summed E-state index contributed by atoms with van der Waals surface area (Å²) in [6, 6.07) is 12.8. The first kappa shape index (κ1) is 23.0. The predicted molar refractivity (Wildman–Crippen MR) is 136 cm³/mol. The highest BCUT2D eigenvalue weighted by atomic mass is 16.5. The highest BCUT2D eigenvalue weighted by Crippen LogP contribution is 2.22. The fourth-order valence-corrected chi connectivity index (χ4v) is 4.40. The Labute approximate surface area is 204 Å². The van der Waals surface area contributed by atoms with Gasteiger partial charge in [0.05, 0.1) is 18.8 Å². The van der Waals surface area contributed by atoms with Crippen molar-refractivity contribution < 1.29 is 4.74 Å². The van der Waals surface area contributed by atoms with Crippen LogP contribution >= 0.6 is 0 Å². The molecular weight excluding hydrogens is 442 g/mol. The van der Waals surface area contributed by atoms with Crippen LogP contribution in [0.2, 0.25) is 0 Å². The van der Waals surface area contributed by atoms with Crippen LogP contribution in [0.5, 0.6) is 6.01 Å². The fourth-order valence-electron chi connectivity index (χ4n) is 4.40. The largest absolute Gasteiger partial charge is 0.463 e. The number of fused-ring (bicyclic) bond motifs is 1. The third kappa shape index (κ3) is 5.19. The van der Waals surface area contributed by atoms with E-state index in [-0.39, 0.29) is 24.1 Å². The van der Waals surface area contributed by atoms with Gasteiger partial charge in [0.1, 0.15) is 5.52 Å². The third-order valence-corrected chi connectivity index (χ3v) is 6.40. The number of nitrogens with one attached hydrogen (secondary N) is 1. The van der Waals surface area contributed by atoms with E-state index >= 15 is 0 Å². The molecule has 0 radical (unpaired) electrons. The van der Waals surface area contributed by atoms with Crippen LogP contribution in [0.15, 0.2) is 47.4 Å². The Morgan fingerprint density at radius 3 is 2.51 bits per heavy atom. The lowest BCUT2D eigenvalue weighted by molar-refractivity contribution is 0.286. The Hall–Kier alpha value is -3.72. The van der Waals surface area contributed by atoms with Crippen molar-refractivity contribution in [2.75, 3.05) is 25.4 Å². The summed E-state index contributed by atoms with van der Waals surface area (Å²) < 4.78 is 7.12. The zero-order valence-corrected chi connectivity index (χ0v) is 20.0. The van der Waals surface area contributed by atoms with E-state index in [1.807, 2.05) is 18.3 Å². The lowest BCUT2D eigenvalue weighted by Gasteiger charge is -2.14. The van der Waals surface area contributed by atoms with Gasteiger partial charge in [0, 0.05) is 18.3 Å². The first-order valence-electron chi connectivity index (χ1n) is 12.3. The molecule has 1 aliphatic rings. The van der Waals surface area contributed by atoms with Gasteiger partial charge in [0.25, 0.3) is 0 Å². The van der Waals surface area contributed by atoms with Crippen LogP contribution in [-0.2, 0) is 13.1 Å². The molecule has 3 aromatic heterocycles. The van der Waals surface area contributed by atoms with Crippen LogP contribution in [0.1, 0.15) is 43.9 Å². The minimum Gasteiger partial charge on any atom is -0.463 e. The van der Waals surface area contributed by atoms with Crippen LogP contribution in [0, 0.1) is 0 Å². The number of nitrogens with zero attached hydrogens (tertiary/aromatic N) is 5. The van der Waals surface area contributed by atoms with Crippen LogP contribution in [-0.4, -0.2) is 49.1 Å². The molecule has 0 unspecified atom stereocenters. The van der Waals surface area contributed by atoms with Crippen molar-refractivity contribution in [2.45, 2.75) is 45.7 Å². The topological polar surface area (TPSA) is 115 Å². The summed E-state index contributed by atoms with van der Waals surface area (Å²) in [4.78, 5) is 31.0. The summed E-state index contributed by atoms with van der Waals surface area (Å²) in [6.07, 6.45) is 6.33. The standard InChI is InChI=1S/C26H31N7O2/c1-2-3-14-35-25-30-23(27)22-24(31-25)33(26(34)29-22)17-21-11-10-20(15-28-21)19-8-6-18(7-9-19)16-32-12-4-5-13-32/h6-11,15H,2-5,12-14,16-17H2,1H3,(H,29,34)(H2,27,30,31). The second-order valence-electron chi connectivity index (χ2n) is 9.03. The minimum absolute atomic E-state index is 0.174. The van der Waals surface area contributed by atoms with Gasteiger partial charge in [-0.15, -0.1) is 0 Å². The average molecular weight is 474 g/mol. The Morgan fingerprint density at radius 1 is 1.03 bits per heavy atom. The Kier molecular flexibility index (Phi) is 6.76. The molecule has 5 rings (SSSR count). The van der Waals surface area contributed by atoms with Crippen molar-refractivity contribution in [2.24, 2.45) is 0 Å². The Morgan fingerprint density at radius 2 is 1.80 bits per heavy atom. The molecule has 4 heterocycles. The van der Waals surface area contributed by atoms with Gasteiger partial charge >= 0.3 is 11.7 Å². The zero-order chi connectivity index (χ0) is 24.2. The van der Waals surface area contributed by atoms with Gasteiger partial charge in [0.15, 0.2) is 11.5 Å². The number of unbranched alkanes of at least 4 members (excludes halogenated alkanes) is 1. The molecule has 182 valence electrons. The summed E-state index contributed by atoms with van der Waals surface area (Å²) in [5.74, 6) is 0.189. The van der Waals surface area contributed by atoms with E-state index in [9.17, 15) is 4.79 Å². The molecule has 9 nitrogen and oxygen atoms in total. The van der Waals surface area contributed by atoms with Crippen LogP contribution in [0.25, 0.3) is 22.3 Å². The number of nitrogens with two attached hydrogens (primary N) is 1. The van der Waals surface area contributed by atoms with E-state index in [0.29, 0.717) is 17.8 Å². The molecule has 0 atom stereocenters. The van der Waals surface area contributed by atoms with Gasteiger partial charge in [-0.05, 0) is 49.5 Å². The van der Waals surface area contributed by atoms with E-state index in [1.165, 1.54) is 36.1 Å². The second-order valence-corrected chi connectivity index (χ2v) is 9.03. The number of ether oxygens (including phenoxy) is 1. The third-order valence-electron chi connectivity index (χ3n) is 6.40. The number of hydrogen-bond donors (Lipinski definition) is 2. The fraction of sp³-hybridized carbons (Fsp3) is 0.385. The van der Waals surface area contributed by atoms with E-state index in [4.69, 9.17) is 10.5 Å². The lowest BCUT2D eigenvalue weighted by Crippen LogP contribution is -2.18. The van der Waals surface area contributed by atoms with Crippen LogP contribution < -0.4 is 16.2 Å². The minimum atomic E-state index is -0.314. The van der Waals surface area contributed by atoms with Gasteiger partial charge in [-0.1, -0.05) is 43.7 Å². The van der Waals surface area contributed by atoms with Crippen molar-refractivity contribution in [3.63, 3.8) is 0 Å². The summed E-state index contributed by atoms with van der Waals surface area (Å²) in [5.41, 5.74) is 10.8. The summed E-state index contributed by atoms with van der Waals surface area (Å²) in [6.45, 7) is 6.23. The number of hydrogen-bond acceptors (Lipinski definition) is 7. The molecule has 0 spiro atoms. The van der Waals surface area contributed by atoms with Crippen LogP contribution in [0.4, 0.5) is 5.82 Å². The molecule has 0 amide bonds. The van der Waals surface area contributed by atoms with Crippen molar-refractivity contribution in [3.05, 3.63) is 64.3 Å². The van der Waals surface area contributed by atoms with E-state index in [2.05, 4.69) is 56.0 Å². The molecule has 0 saturated carbocycles. The summed E-state index contributed by atoms with van der Waals surface area (Å²) in [5, 5.41) is 0. The normalized spacial score (nSPS) is 14.1. The summed E-state index contributed by atoms with van der Waals surface area (Å²) in [7, 11) is 0. The number of likely N-dealkylation sites (tertiary alicyclic amines) is 1. The number of aromatic amines is 1. The molecule has 4 aromatic rings. The van der Waals surface area contributed by atoms with E-state index in [0.717, 1.165) is 36.2 Å². The molecule has 0 aliphatic carbocycles. The smallest absolute Gasteiger partial charge is 0.328 e.